The molecule has 1 aromatic rings. The molecule has 110 valence electrons. The summed E-state index contributed by atoms with van der Waals surface area (Å²) in [6, 6.07) is 4.16. The lowest BCUT2D eigenvalue weighted by Crippen LogP contribution is -2.42. The smallest absolute Gasteiger partial charge is 0.322 e. The van der Waals surface area contributed by atoms with Crippen molar-refractivity contribution in [2.24, 2.45) is 0 Å². The molecule has 0 saturated heterocycles. The lowest BCUT2D eigenvalue weighted by molar-refractivity contribution is -0.147. The third-order valence-electron chi connectivity index (χ3n) is 2.30. The highest BCUT2D eigenvalue weighted by atomic mass is 79.9. The van der Waals surface area contributed by atoms with Crippen molar-refractivity contribution >= 4 is 37.9 Å². The van der Waals surface area contributed by atoms with Crippen molar-refractivity contribution < 1.29 is 27.9 Å². The molecule has 0 fully saturated rings. The molecule has 9 heteroatoms. The molecule has 0 aliphatic rings. The first-order valence-electron chi connectivity index (χ1n) is 5.34. The van der Waals surface area contributed by atoms with Crippen LogP contribution in [0.2, 0.25) is 0 Å². The molecular formula is C11H12BrNO6S. The fourth-order valence-corrected chi connectivity index (χ4v) is 3.10. The van der Waals surface area contributed by atoms with Gasteiger partial charge in [-0.2, -0.15) is 4.72 Å². The molecule has 0 aromatic heterocycles. The Bertz CT molecular complexity index is 615. The minimum atomic E-state index is -4.05. The van der Waals surface area contributed by atoms with E-state index < -0.39 is 34.4 Å². The lowest BCUT2D eigenvalue weighted by Gasteiger charge is -2.13. The maximum Gasteiger partial charge on any atom is 0.322 e. The number of aliphatic carboxylic acids is 1. The zero-order valence-electron chi connectivity index (χ0n) is 10.4. The third-order valence-corrected chi connectivity index (χ3v) is 4.26. The lowest BCUT2D eigenvalue weighted by atomic mass is 10.2. The van der Waals surface area contributed by atoms with Crippen molar-refractivity contribution in [3.63, 3.8) is 0 Å². The van der Waals surface area contributed by atoms with Gasteiger partial charge in [0.15, 0.2) is 0 Å². The van der Waals surface area contributed by atoms with E-state index in [1.807, 2.05) is 4.72 Å². The van der Waals surface area contributed by atoms with E-state index in [1.165, 1.54) is 18.2 Å². The SMILES string of the molecule is COC(=O)C[C@H](NS(=O)(=O)c1cccc(Br)c1)C(=O)O. The number of hydrogen-bond acceptors (Lipinski definition) is 5. The van der Waals surface area contributed by atoms with E-state index in [4.69, 9.17) is 5.11 Å². The molecule has 0 aliphatic heterocycles. The quantitative estimate of drug-likeness (QED) is 0.719. The second-order valence-electron chi connectivity index (χ2n) is 3.75. The number of sulfonamides is 1. The van der Waals surface area contributed by atoms with Crippen molar-refractivity contribution in [1.82, 2.24) is 4.72 Å². The van der Waals surface area contributed by atoms with E-state index >= 15 is 0 Å². The number of carboxylic acid groups (broad SMARTS) is 1. The van der Waals surface area contributed by atoms with Crippen LogP contribution in [0.1, 0.15) is 6.42 Å². The van der Waals surface area contributed by atoms with E-state index in [0.717, 1.165) is 7.11 Å². The molecule has 20 heavy (non-hydrogen) atoms. The highest BCUT2D eigenvalue weighted by Gasteiger charge is 2.28. The Morgan fingerprint density at radius 2 is 2.10 bits per heavy atom. The van der Waals surface area contributed by atoms with Gasteiger partial charge in [-0.1, -0.05) is 22.0 Å². The van der Waals surface area contributed by atoms with Crippen LogP contribution in [0.4, 0.5) is 0 Å². The van der Waals surface area contributed by atoms with Gasteiger partial charge in [-0.3, -0.25) is 9.59 Å². The van der Waals surface area contributed by atoms with Crippen molar-refractivity contribution in [2.45, 2.75) is 17.4 Å². The van der Waals surface area contributed by atoms with Gasteiger partial charge in [0.05, 0.1) is 18.4 Å². The fourth-order valence-electron chi connectivity index (χ4n) is 1.32. The first kappa shape index (κ1) is 16.6. The van der Waals surface area contributed by atoms with Crippen LogP contribution in [-0.4, -0.2) is 38.6 Å². The Hall–Kier alpha value is -1.45. The number of halogens is 1. The molecule has 0 saturated carbocycles. The predicted octanol–water partition coefficient (Wildman–Crippen LogP) is 0.744. The summed E-state index contributed by atoms with van der Waals surface area (Å²) in [7, 11) is -2.96. The highest BCUT2D eigenvalue weighted by Crippen LogP contribution is 2.16. The van der Waals surface area contributed by atoms with Gasteiger partial charge in [-0.05, 0) is 18.2 Å². The van der Waals surface area contributed by atoms with Gasteiger partial charge in [0.2, 0.25) is 10.0 Å². The zero-order valence-corrected chi connectivity index (χ0v) is 12.8. The average Bonchev–Trinajstić information content (AvgIpc) is 2.37. The molecule has 0 aliphatic carbocycles. The molecule has 1 atom stereocenters. The second kappa shape index (κ2) is 6.82. The van der Waals surface area contributed by atoms with Crippen LogP contribution in [0.15, 0.2) is 33.6 Å². The maximum absolute atomic E-state index is 12.0. The van der Waals surface area contributed by atoms with Gasteiger partial charge in [-0.25, -0.2) is 8.42 Å². The highest BCUT2D eigenvalue weighted by molar-refractivity contribution is 9.10. The van der Waals surface area contributed by atoms with Gasteiger partial charge in [0.25, 0.3) is 0 Å². The van der Waals surface area contributed by atoms with E-state index in [1.54, 1.807) is 6.07 Å². The number of hydrogen-bond donors (Lipinski definition) is 2. The Morgan fingerprint density at radius 1 is 1.45 bits per heavy atom. The third kappa shape index (κ3) is 4.58. The summed E-state index contributed by atoms with van der Waals surface area (Å²) in [6.45, 7) is 0. The summed E-state index contributed by atoms with van der Waals surface area (Å²) in [5, 5.41) is 8.94. The number of carbonyl (C=O) groups is 2. The molecule has 0 radical (unpaired) electrons. The summed E-state index contributed by atoms with van der Waals surface area (Å²) in [6.07, 6.45) is -0.598. The molecule has 0 unspecified atom stereocenters. The van der Waals surface area contributed by atoms with Gasteiger partial charge in [-0.15, -0.1) is 0 Å². The van der Waals surface area contributed by atoms with Crippen LogP contribution >= 0.6 is 15.9 Å². The molecular weight excluding hydrogens is 354 g/mol. The molecule has 0 heterocycles. The standard InChI is InChI=1S/C11H12BrNO6S/c1-19-10(14)6-9(11(15)16)13-20(17,18)8-4-2-3-7(12)5-8/h2-5,9,13H,6H2,1H3,(H,15,16)/t9-/m0/s1. The van der Waals surface area contributed by atoms with Gasteiger partial charge in [0, 0.05) is 4.47 Å². The van der Waals surface area contributed by atoms with Crippen molar-refractivity contribution in [2.75, 3.05) is 7.11 Å². The number of benzene rings is 1. The van der Waals surface area contributed by atoms with Crippen LogP contribution in [-0.2, 0) is 24.3 Å². The number of esters is 1. The molecule has 1 rings (SSSR count). The monoisotopic (exact) mass is 365 g/mol. The van der Waals surface area contributed by atoms with Gasteiger partial charge in [0.1, 0.15) is 6.04 Å². The van der Waals surface area contributed by atoms with Crippen LogP contribution < -0.4 is 4.72 Å². The molecule has 0 amide bonds. The predicted molar refractivity (Wildman–Crippen MR) is 72.5 cm³/mol. The summed E-state index contributed by atoms with van der Waals surface area (Å²) >= 11 is 3.12. The second-order valence-corrected chi connectivity index (χ2v) is 6.38. The maximum atomic E-state index is 12.0. The summed E-state index contributed by atoms with van der Waals surface area (Å²) in [4.78, 5) is 21.9. The van der Waals surface area contributed by atoms with Crippen LogP contribution in [0.3, 0.4) is 0 Å². The first-order valence-corrected chi connectivity index (χ1v) is 7.61. The number of carbonyl (C=O) groups excluding carboxylic acids is 1. The van der Waals surface area contributed by atoms with E-state index in [2.05, 4.69) is 20.7 Å². The first-order chi connectivity index (χ1) is 9.26. The Kier molecular flexibility index (Phi) is 5.66. The Morgan fingerprint density at radius 3 is 2.60 bits per heavy atom. The largest absolute Gasteiger partial charge is 0.480 e. The van der Waals surface area contributed by atoms with Gasteiger partial charge >= 0.3 is 11.9 Å². The summed E-state index contributed by atoms with van der Waals surface area (Å²) < 4.78 is 30.8. The van der Waals surface area contributed by atoms with Crippen molar-refractivity contribution in [3.05, 3.63) is 28.7 Å². The molecule has 0 spiro atoms. The fraction of sp³-hybridized carbons (Fsp3) is 0.273. The van der Waals surface area contributed by atoms with E-state index in [0.29, 0.717) is 4.47 Å². The van der Waals surface area contributed by atoms with E-state index in [9.17, 15) is 18.0 Å². The van der Waals surface area contributed by atoms with Crippen LogP contribution in [0.25, 0.3) is 0 Å². The van der Waals surface area contributed by atoms with Crippen LogP contribution in [0, 0.1) is 0 Å². The summed E-state index contributed by atoms with van der Waals surface area (Å²) in [5.74, 6) is -2.29. The average molecular weight is 366 g/mol. The number of ether oxygens (including phenoxy) is 1. The Labute approximate surface area is 124 Å². The van der Waals surface area contributed by atoms with Gasteiger partial charge < -0.3 is 9.84 Å². The van der Waals surface area contributed by atoms with Crippen LogP contribution in [0.5, 0.6) is 0 Å². The summed E-state index contributed by atoms with van der Waals surface area (Å²) in [5.41, 5.74) is 0. The number of methoxy groups -OCH3 is 1. The number of nitrogens with one attached hydrogen (secondary N) is 1. The topological polar surface area (TPSA) is 110 Å². The molecule has 0 bridgehead atoms. The van der Waals surface area contributed by atoms with E-state index in [-0.39, 0.29) is 4.90 Å². The normalized spacial score (nSPS) is 12.7. The van der Waals surface area contributed by atoms with Crippen molar-refractivity contribution in [1.29, 1.82) is 0 Å². The number of carboxylic acids is 1. The minimum absolute atomic E-state index is 0.108. The number of rotatable bonds is 6. The minimum Gasteiger partial charge on any atom is -0.480 e. The molecule has 1 aromatic carbocycles. The zero-order chi connectivity index (χ0) is 15.3. The molecule has 7 nitrogen and oxygen atoms in total. The molecule has 2 N–H and O–H groups in total. The Balaban J connectivity index is 2.97. The van der Waals surface area contributed by atoms with Crippen molar-refractivity contribution in [3.8, 4) is 0 Å².